The summed E-state index contributed by atoms with van der Waals surface area (Å²) in [6.07, 6.45) is 11.2. The number of benzene rings is 2. The second-order valence-electron chi connectivity index (χ2n) is 6.87. The van der Waals surface area contributed by atoms with Crippen LogP contribution in [0.25, 0.3) is 0 Å². The van der Waals surface area contributed by atoms with Crippen molar-refractivity contribution in [1.29, 1.82) is 0 Å². The maximum atomic E-state index is 13.8. The van der Waals surface area contributed by atoms with Gasteiger partial charge in [0.25, 0.3) is 0 Å². The predicted molar refractivity (Wildman–Crippen MR) is 97.6 cm³/mol. The monoisotopic (exact) mass is 514 g/mol. The van der Waals surface area contributed by atoms with Gasteiger partial charge in [-0.05, 0) is 0 Å². The molecule has 0 aliphatic heterocycles. The van der Waals surface area contributed by atoms with Crippen LogP contribution in [-0.2, 0) is 21.1 Å². The molecule has 0 atom stereocenters. The quantitative estimate of drug-likeness (QED) is 0.317. The van der Waals surface area contributed by atoms with E-state index < -0.39 is 56.1 Å². The van der Waals surface area contributed by atoms with E-state index >= 15 is 0 Å². The van der Waals surface area contributed by atoms with Gasteiger partial charge in [0.05, 0.1) is 0 Å². The van der Waals surface area contributed by atoms with Crippen LogP contribution >= 0.6 is 0 Å². The summed E-state index contributed by atoms with van der Waals surface area (Å²) in [6, 6.07) is 2.74. The topological polar surface area (TPSA) is 18.5 Å². The summed E-state index contributed by atoms with van der Waals surface area (Å²) < 4.78 is 95.7. The van der Waals surface area contributed by atoms with Crippen molar-refractivity contribution in [2.45, 2.75) is 12.8 Å². The van der Waals surface area contributed by atoms with Crippen molar-refractivity contribution in [2.24, 2.45) is 0 Å². The molecular formula is C22H14F6O2Zr. The van der Waals surface area contributed by atoms with E-state index in [1.54, 1.807) is 36.5 Å². The third-order valence-electron chi connectivity index (χ3n) is 4.83. The van der Waals surface area contributed by atoms with Crippen LogP contribution in [0.5, 0.6) is 11.5 Å². The molecule has 0 aromatic heterocycles. The fraction of sp³-hybridized carbons (Fsp3) is 0.0909. The van der Waals surface area contributed by atoms with Gasteiger partial charge in [-0.1, -0.05) is 0 Å². The zero-order valence-corrected chi connectivity index (χ0v) is 18.2. The van der Waals surface area contributed by atoms with E-state index in [9.17, 15) is 26.3 Å². The molecule has 0 heterocycles. The van der Waals surface area contributed by atoms with E-state index in [2.05, 4.69) is 0 Å². The third-order valence-corrected chi connectivity index (χ3v) is 13.4. The van der Waals surface area contributed by atoms with E-state index in [0.29, 0.717) is 43.7 Å². The van der Waals surface area contributed by atoms with Crippen molar-refractivity contribution in [3.8, 4) is 11.5 Å². The van der Waals surface area contributed by atoms with Gasteiger partial charge in [0.2, 0.25) is 0 Å². The van der Waals surface area contributed by atoms with E-state index in [1.807, 2.05) is 0 Å². The zero-order chi connectivity index (χ0) is 22.2. The molecule has 2 aromatic rings. The number of hydrogen-bond donors (Lipinski definition) is 0. The van der Waals surface area contributed by atoms with Gasteiger partial charge in [-0.2, -0.15) is 0 Å². The molecule has 0 unspecified atom stereocenters. The normalized spacial score (nSPS) is 15.3. The molecule has 2 aliphatic rings. The first-order valence-corrected chi connectivity index (χ1v) is 13.7. The summed E-state index contributed by atoms with van der Waals surface area (Å²) >= 11 is -4.86. The first-order valence-electron chi connectivity index (χ1n) is 9.19. The predicted octanol–water partition coefficient (Wildman–Crippen LogP) is 6.65. The molecule has 0 saturated heterocycles. The minimum absolute atomic E-state index is 0.323. The second-order valence-corrected chi connectivity index (χ2v) is 14.1. The van der Waals surface area contributed by atoms with Gasteiger partial charge >= 0.3 is 180 Å². The van der Waals surface area contributed by atoms with Crippen LogP contribution in [0.2, 0.25) is 0 Å². The third kappa shape index (κ3) is 4.16. The Balaban J connectivity index is 1.85. The van der Waals surface area contributed by atoms with Gasteiger partial charge < -0.3 is 0 Å². The van der Waals surface area contributed by atoms with Gasteiger partial charge in [-0.25, -0.2) is 0 Å². The van der Waals surface area contributed by atoms with Crippen LogP contribution in [0.3, 0.4) is 0 Å². The Morgan fingerprint density at radius 2 is 0.935 bits per heavy atom. The molecule has 0 spiro atoms. The minimum atomic E-state index is -4.86. The van der Waals surface area contributed by atoms with Crippen LogP contribution in [0.15, 0.2) is 67.3 Å². The molecule has 2 nitrogen and oxygen atoms in total. The molecule has 9 heteroatoms. The molecule has 0 radical (unpaired) electrons. The van der Waals surface area contributed by atoms with Gasteiger partial charge in [0, 0.05) is 0 Å². The number of allylic oxidation sites excluding steroid dienone is 8. The van der Waals surface area contributed by atoms with Crippen LogP contribution in [0, 0.1) is 34.9 Å². The Morgan fingerprint density at radius 1 is 0.581 bits per heavy atom. The molecule has 2 aromatic carbocycles. The van der Waals surface area contributed by atoms with Crippen LogP contribution in [0.4, 0.5) is 26.3 Å². The first-order chi connectivity index (χ1) is 14.8. The van der Waals surface area contributed by atoms with Crippen LogP contribution in [0.1, 0.15) is 12.8 Å². The van der Waals surface area contributed by atoms with Crippen molar-refractivity contribution >= 4 is 0 Å². The van der Waals surface area contributed by atoms with Crippen LogP contribution < -0.4 is 5.63 Å². The van der Waals surface area contributed by atoms with Crippen molar-refractivity contribution in [1.82, 2.24) is 0 Å². The molecule has 4 rings (SSSR count). The maximum absolute atomic E-state index is 13.8. The second kappa shape index (κ2) is 8.54. The number of halogens is 6. The average molecular weight is 516 g/mol. The summed E-state index contributed by atoms with van der Waals surface area (Å²) in [5.74, 6) is -9.76. The van der Waals surface area contributed by atoms with E-state index in [1.165, 1.54) is 0 Å². The fourth-order valence-electron chi connectivity index (χ4n) is 3.39. The fourth-order valence-corrected chi connectivity index (χ4v) is 11.5. The molecule has 31 heavy (non-hydrogen) atoms. The Hall–Kier alpha value is -2.54. The molecule has 0 N–H and O–H groups in total. The van der Waals surface area contributed by atoms with Crippen molar-refractivity contribution in [2.75, 3.05) is 0 Å². The standard InChI is InChI=1S/2C6H3F3O.2C5H5.Zr/c2*7-4-1-3(10)2-5(8)6(4)9;2*1-2-4-5-3-1;/h2*1-2,10H;2*1-3H,4H2;/q;;;;+2/p-2. The zero-order valence-electron chi connectivity index (χ0n) is 15.8. The summed E-state index contributed by atoms with van der Waals surface area (Å²) in [7, 11) is 0. The van der Waals surface area contributed by atoms with E-state index in [0.717, 1.165) is 0 Å². The SMILES string of the molecule is Fc1cc([O][Zr]([O]c2cc(F)c(F)c(F)c2)([C]2=CC=CC2)[C]2=CC=CC2)cc(F)c1F. The summed E-state index contributed by atoms with van der Waals surface area (Å²) in [6.45, 7) is 0. The first kappa shape index (κ1) is 21.7. The van der Waals surface area contributed by atoms with Gasteiger partial charge in [0.15, 0.2) is 0 Å². The van der Waals surface area contributed by atoms with Crippen molar-refractivity contribution < 1.29 is 53.1 Å². The summed E-state index contributed by atoms with van der Waals surface area (Å²) in [4.78, 5) is 0. The Bertz CT molecular complexity index is 1030. The Labute approximate surface area is 179 Å². The van der Waals surface area contributed by atoms with E-state index in [-0.39, 0.29) is 11.5 Å². The number of hydrogen-bond acceptors (Lipinski definition) is 2. The number of rotatable bonds is 6. The summed E-state index contributed by atoms with van der Waals surface area (Å²) in [5.41, 5.74) is 0. The van der Waals surface area contributed by atoms with Crippen LogP contribution in [-0.4, -0.2) is 0 Å². The summed E-state index contributed by atoms with van der Waals surface area (Å²) in [5, 5.41) is 0. The molecule has 0 fully saturated rings. The molecule has 0 saturated carbocycles. The Morgan fingerprint density at radius 3 is 1.23 bits per heavy atom. The molecular weight excluding hydrogens is 501 g/mol. The van der Waals surface area contributed by atoms with Gasteiger partial charge in [0.1, 0.15) is 0 Å². The Kier molecular flexibility index (Phi) is 5.97. The molecule has 0 amide bonds. The van der Waals surface area contributed by atoms with Gasteiger partial charge in [-0.3, -0.25) is 0 Å². The molecule has 2 aliphatic carbocycles. The van der Waals surface area contributed by atoms with Crippen molar-refractivity contribution in [3.05, 3.63) is 102 Å². The average Bonchev–Trinajstić information content (AvgIpc) is 3.44. The van der Waals surface area contributed by atoms with Crippen molar-refractivity contribution in [3.63, 3.8) is 0 Å². The van der Waals surface area contributed by atoms with Gasteiger partial charge in [-0.15, -0.1) is 0 Å². The molecule has 0 bridgehead atoms. The molecule has 160 valence electrons. The van der Waals surface area contributed by atoms with E-state index in [4.69, 9.17) is 5.63 Å².